The lowest BCUT2D eigenvalue weighted by Gasteiger charge is -2.27. The van der Waals surface area contributed by atoms with Gasteiger partial charge in [-0.1, -0.05) is 30.3 Å². The number of nitrogens with zero attached hydrogens (tertiary/aromatic N) is 1. The molecular weight excluding hydrogens is 282 g/mol. The topological polar surface area (TPSA) is 59.8 Å². The van der Waals surface area contributed by atoms with Crippen molar-refractivity contribution < 1.29 is 18.7 Å². The largest absolute Gasteiger partial charge is 0.469 e. The highest BCUT2D eigenvalue weighted by atomic mass is 16.5. The molecule has 1 heterocycles. The summed E-state index contributed by atoms with van der Waals surface area (Å²) in [5, 5.41) is 0. The van der Waals surface area contributed by atoms with E-state index < -0.39 is 12.0 Å². The van der Waals surface area contributed by atoms with Crippen LogP contribution in [0.25, 0.3) is 0 Å². The van der Waals surface area contributed by atoms with E-state index in [9.17, 15) is 9.59 Å². The van der Waals surface area contributed by atoms with E-state index in [-0.39, 0.29) is 5.91 Å². The van der Waals surface area contributed by atoms with Gasteiger partial charge in [0, 0.05) is 6.54 Å². The molecule has 0 saturated carbocycles. The lowest BCUT2D eigenvalue weighted by molar-refractivity contribution is -0.145. The van der Waals surface area contributed by atoms with Crippen LogP contribution in [0.4, 0.5) is 0 Å². The van der Waals surface area contributed by atoms with Crippen molar-refractivity contribution in [3.63, 3.8) is 0 Å². The number of esters is 1. The Bertz CT molecular complexity index is 648. The first-order valence-corrected chi connectivity index (χ1v) is 7.01. The summed E-state index contributed by atoms with van der Waals surface area (Å²) in [7, 11) is 1.31. The van der Waals surface area contributed by atoms with E-state index in [1.54, 1.807) is 19.9 Å². The molecule has 2 rings (SSSR count). The highest BCUT2D eigenvalue weighted by Crippen LogP contribution is 2.17. The fourth-order valence-electron chi connectivity index (χ4n) is 2.22. The molecule has 0 radical (unpaired) electrons. The standard InChI is InChI=1S/C17H19NO4/c1-12(17(20)21-3)18(11-14-7-5-4-6-8-14)16(19)15-9-10-22-13(15)2/h4-10,12H,11H2,1-3H3/t12-/m0/s1. The minimum absolute atomic E-state index is 0.256. The summed E-state index contributed by atoms with van der Waals surface area (Å²) >= 11 is 0. The molecule has 0 aliphatic heterocycles. The number of furan rings is 1. The molecule has 1 atom stereocenters. The third kappa shape index (κ3) is 3.36. The summed E-state index contributed by atoms with van der Waals surface area (Å²) in [6.45, 7) is 3.69. The summed E-state index contributed by atoms with van der Waals surface area (Å²) in [6.07, 6.45) is 1.46. The molecule has 1 aromatic heterocycles. The molecule has 0 bridgehead atoms. The summed E-state index contributed by atoms with van der Waals surface area (Å²) in [4.78, 5) is 26.1. The second-order valence-corrected chi connectivity index (χ2v) is 5.01. The van der Waals surface area contributed by atoms with E-state index in [0.29, 0.717) is 17.9 Å². The second-order valence-electron chi connectivity index (χ2n) is 5.01. The molecule has 0 N–H and O–H groups in total. The Balaban J connectivity index is 2.31. The van der Waals surface area contributed by atoms with Gasteiger partial charge >= 0.3 is 5.97 Å². The molecule has 1 amide bonds. The molecule has 0 aliphatic rings. The molecule has 1 aromatic carbocycles. The lowest BCUT2D eigenvalue weighted by atomic mass is 10.1. The summed E-state index contributed by atoms with van der Waals surface area (Å²) in [5.74, 6) is -0.182. The van der Waals surface area contributed by atoms with E-state index in [0.717, 1.165) is 5.56 Å². The van der Waals surface area contributed by atoms with Gasteiger partial charge in [-0.15, -0.1) is 0 Å². The Kier molecular flexibility index (Phi) is 4.99. The number of amides is 1. The van der Waals surface area contributed by atoms with Crippen LogP contribution in [-0.4, -0.2) is 29.9 Å². The normalized spacial score (nSPS) is 11.8. The van der Waals surface area contributed by atoms with Crippen molar-refractivity contribution in [3.8, 4) is 0 Å². The van der Waals surface area contributed by atoms with E-state index in [2.05, 4.69) is 0 Å². The summed E-state index contributed by atoms with van der Waals surface area (Å²) in [5.41, 5.74) is 1.39. The Morgan fingerprint density at radius 2 is 1.91 bits per heavy atom. The van der Waals surface area contributed by atoms with Crippen LogP contribution < -0.4 is 0 Å². The van der Waals surface area contributed by atoms with Gasteiger partial charge in [0.1, 0.15) is 11.8 Å². The molecule has 2 aromatic rings. The zero-order valence-corrected chi connectivity index (χ0v) is 12.9. The van der Waals surface area contributed by atoms with Gasteiger partial charge in [0.2, 0.25) is 0 Å². The first kappa shape index (κ1) is 15.8. The number of aryl methyl sites for hydroxylation is 1. The maximum absolute atomic E-state index is 12.8. The number of methoxy groups -OCH3 is 1. The Morgan fingerprint density at radius 3 is 2.45 bits per heavy atom. The Labute approximate surface area is 129 Å². The first-order valence-electron chi connectivity index (χ1n) is 7.01. The van der Waals surface area contributed by atoms with Gasteiger partial charge in [-0.3, -0.25) is 4.79 Å². The minimum atomic E-state index is -0.688. The Hall–Kier alpha value is -2.56. The monoisotopic (exact) mass is 301 g/mol. The van der Waals surface area contributed by atoms with Crippen LogP contribution in [0.15, 0.2) is 47.1 Å². The van der Waals surface area contributed by atoms with Crippen LogP contribution in [0, 0.1) is 6.92 Å². The molecule has 0 aliphatic carbocycles. The number of hydrogen-bond acceptors (Lipinski definition) is 4. The maximum atomic E-state index is 12.8. The van der Waals surface area contributed by atoms with Gasteiger partial charge < -0.3 is 14.1 Å². The molecule has 0 saturated heterocycles. The van der Waals surface area contributed by atoms with Crippen LogP contribution in [0.2, 0.25) is 0 Å². The van der Waals surface area contributed by atoms with Crippen molar-refractivity contribution in [1.82, 2.24) is 4.90 Å². The smallest absolute Gasteiger partial charge is 0.328 e. The zero-order chi connectivity index (χ0) is 16.1. The van der Waals surface area contributed by atoms with Crippen molar-refractivity contribution in [2.24, 2.45) is 0 Å². The number of carbonyl (C=O) groups is 2. The molecule has 0 spiro atoms. The minimum Gasteiger partial charge on any atom is -0.469 e. The van der Waals surface area contributed by atoms with Crippen molar-refractivity contribution in [2.75, 3.05) is 7.11 Å². The number of hydrogen-bond donors (Lipinski definition) is 0. The van der Waals surface area contributed by atoms with Crippen LogP contribution in [-0.2, 0) is 16.1 Å². The quantitative estimate of drug-likeness (QED) is 0.797. The van der Waals surface area contributed by atoms with Crippen LogP contribution in [0.1, 0.15) is 28.6 Å². The maximum Gasteiger partial charge on any atom is 0.328 e. The van der Waals surface area contributed by atoms with Crippen molar-refractivity contribution in [3.05, 3.63) is 59.5 Å². The van der Waals surface area contributed by atoms with Crippen LogP contribution in [0.3, 0.4) is 0 Å². The molecule has 5 nitrogen and oxygen atoms in total. The van der Waals surface area contributed by atoms with E-state index in [1.165, 1.54) is 18.3 Å². The molecule has 22 heavy (non-hydrogen) atoms. The Morgan fingerprint density at radius 1 is 1.23 bits per heavy atom. The number of carbonyl (C=O) groups excluding carboxylic acids is 2. The highest BCUT2D eigenvalue weighted by Gasteiger charge is 2.29. The van der Waals surface area contributed by atoms with Gasteiger partial charge in [-0.2, -0.15) is 0 Å². The number of ether oxygens (including phenoxy) is 1. The number of benzene rings is 1. The van der Waals surface area contributed by atoms with E-state index in [1.807, 2.05) is 30.3 Å². The molecular formula is C17H19NO4. The fraction of sp³-hybridized carbons (Fsp3) is 0.294. The zero-order valence-electron chi connectivity index (χ0n) is 12.9. The lowest BCUT2D eigenvalue weighted by Crippen LogP contribution is -2.43. The highest BCUT2D eigenvalue weighted by molar-refractivity contribution is 5.97. The second kappa shape index (κ2) is 6.93. The average molecular weight is 301 g/mol. The van der Waals surface area contributed by atoms with Crippen LogP contribution in [0.5, 0.6) is 0 Å². The van der Waals surface area contributed by atoms with Crippen molar-refractivity contribution >= 4 is 11.9 Å². The third-order valence-corrected chi connectivity index (χ3v) is 3.56. The van der Waals surface area contributed by atoms with Crippen molar-refractivity contribution in [2.45, 2.75) is 26.4 Å². The van der Waals surface area contributed by atoms with Crippen LogP contribution >= 0.6 is 0 Å². The number of rotatable bonds is 5. The molecule has 0 unspecified atom stereocenters. The fourth-order valence-corrected chi connectivity index (χ4v) is 2.22. The average Bonchev–Trinajstić information content (AvgIpc) is 2.97. The predicted molar refractivity (Wildman–Crippen MR) is 81.2 cm³/mol. The molecule has 5 heteroatoms. The SMILES string of the molecule is COC(=O)[C@H](C)N(Cc1ccccc1)C(=O)c1ccoc1C. The first-order chi connectivity index (χ1) is 10.5. The molecule has 116 valence electrons. The van der Waals surface area contributed by atoms with E-state index >= 15 is 0 Å². The van der Waals surface area contributed by atoms with Gasteiger partial charge in [-0.05, 0) is 25.5 Å². The van der Waals surface area contributed by atoms with Gasteiger partial charge in [-0.25, -0.2) is 4.79 Å². The van der Waals surface area contributed by atoms with Crippen molar-refractivity contribution in [1.29, 1.82) is 0 Å². The summed E-state index contributed by atoms with van der Waals surface area (Å²) in [6, 6.07) is 10.4. The molecule has 0 fully saturated rings. The van der Waals surface area contributed by atoms with Gasteiger partial charge in [0.15, 0.2) is 0 Å². The van der Waals surface area contributed by atoms with Gasteiger partial charge in [0.05, 0.1) is 18.9 Å². The summed E-state index contributed by atoms with van der Waals surface area (Å²) < 4.78 is 9.96. The predicted octanol–water partition coefficient (Wildman–Crippen LogP) is 2.79. The van der Waals surface area contributed by atoms with Gasteiger partial charge in [0.25, 0.3) is 5.91 Å². The third-order valence-electron chi connectivity index (χ3n) is 3.56. The van der Waals surface area contributed by atoms with E-state index in [4.69, 9.17) is 9.15 Å².